The Hall–Kier alpha value is -1.25. The second-order valence-electron chi connectivity index (χ2n) is 8.01. The lowest BCUT2D eigenvalue weighted by Gasteiger charge is -2.13. The Bertz CT molecular complexity index is 934. The highest BCUT2D eigenvalue weighted by atomic mass is 79.9. The number of amides is 2. The van der Waals surface area contributed by atoms with Crippen LogP contribution in [0.4, 0.5) is 5.00 Å². The first kappa shape index (κ1) is 18.8. The summed E-state index contributed by atoms with van der Waals surface area (Å²) in [6.07, 6.45) is 9.53. The monoisotopic (exact) mass is 479 g/mol. The first-order valence-corrected chi connectivity index (χ1v) is 12.4. The van der Waals surface area contributed by atoms with Crippen molar-refractivity contribution >= 4 is 55.4 Å². The lowest BCUT2D eigenvalue weighted by Crippen LogP contribution is -2.25. The molecule has 3 aliphatic carbocycles. The van der Waals surface area contributed by atoms with Gasteiger partial charge in [-0.15, -0.1) is 22.7 Å². The SMILES string of the molecule is O=C(NCc1cnc(Br)s1)c1c(NC(=O)C2CC2C2CC2)sc2c1CCCC2. The fraction of sp³-hybridized carbons (Fsp3) is 0.550. The third-order valence-electron chi connectivity index (χ3n) is 5.99. The van der Waals surface area contributed by atoms with Crippen molar-refractivity contribution in [2.75, 3.05) is 5.32 Å². The van der Waals surface area contributed by atoms with Gasteiger partial charge < -0.3 is 10.6 Å². The number of thiophene rings is 1. The van der Waals surface area contributed by atoms with E-state index in [-0.39, 0.29) is 17.7 Å². The van der Waals surface area contributed by atoms with Crippen molar-refractivity contribution in [3.05, 3.63) is 31.0 Å². The van der Waals surface area contributed by atoms with Crippen LogP contribution >= 0.6 is 38.6 Å². The Labute approximate surface area is 180 Å². The van der Waals surface area contributed by atoms with Gasteiger partial charge in [-0.1, -0.05) is 0 Å². The number of thiazole rings is 1. The van der Waals surface area contributed by atoms with Gasteiger partial charge in [-0.25, -0.2) is 4.98 Å². The topological polar surface area (TPSA) is 71.1 Å². The van der Waals surface area contributed by atoms with Crippen LogP contribution in [0.1, 0.15) is 57.8 Å². The average molecular weight is 480 g/mol. The summed E-state index contributed by atoms with van der Waals surface area (Å²) in [4.78, 5) is 32.2. The summed E-state index contributed by atoms with van der Waals surface area (Å²) in [6.45, 7) is 0.451. The number of carbonyl (C=O) groups is 2. The minimum absolute atomic E-state index is 0.0891. The van der Waals surface area contributed by atoms with E-state index < -0.39 is 0 Å². The Morgan fingerprint density at radius 1 is 1.21 bits per heavy atom. The minimum atomic E-state index is -0.0891. The largest absolute Gasteiger partial charge is 0.347 e. The van der Waals surface area contributed by atoms with Crippen LogP contribution in [0.25, 0.3) is 0 Å². The van der Waals surface area contributed by atoms with Gasteiger partial charge >= 0.3 is 0 Å². The molecule has 2 N–H and O–H groups in total. The van der Waals surface area contributed by atoms with Crippen molar-refractivity contribution in [2.24, 2.45) is 17.8 Å². The number of nitrogens with zero attached hydrogens (tertiary/aromatic N) is 1. The van der Waals surface area contributed by atoms with Crippen molar-refractivity contribution in [3.63, 3.8) is 0 Å². The maximum atomic E-state index is 13.0. The molecule has 2 unspecified atom stereocenters. The van der Waals surface area contributed by atoms with E-state index in [4.69, 9.17) is 0 Å². The molecule has 2 aromatic rings. The van der Waals surface area contributed by atoms with Crippen LogP contribution in [0.15, 0.2) is 10.1 Å². The number of halogens is 1. The van der Waals surface area contributed by atoms with Crippen LogP contribution in [-0.2, 0) is 24.2 Å². The van der Waals surface area contributed by atoms with Gasteiger partial charge in [-0.2, -0.15) is 0 Å². The Balaban J connectivity index is 1.33. The molecule has 2 aromatic heterocycles. The van der Waals surface area contributed by atoms with Crippen LogP contribution in [0.2, 0.25) is 0 Å². The Kier molecular flexibility index (Phi) is 5.05. The van der Waals surface area contributed by atoms with E-state index in [9.17, 15) is 9.59 Å². The maximum Gasteiger partial charge on any atom is 0.254 e. The molecule has 0 spiro atoms. The molecule has 2 fully saturated rings. The van der Waals surface area contributed by atoms with Gasteiger partial charge in [0.25, 0.3) is 5.91 Å². The summed E-state index contributed by atoms with van der Waals surface area (Å²) < 4.78 is 0.812. The molecule has 5 nitrogen and oxygen atoms in total. The molecule has 0 aliphatic heterocycles. The predicted molar refractivity (Wildman–Crippen MR) is 115 cm³/mol. The first-order chi connectivity index (χ1) is 13.6. The number of hydrogen-bond donors (Lipinski definition) is 2. The maximum absolute atomic E-state index is 13.0. The number of nitrogens with one attached hydrogen (secondary N) is 2. The van der Waals surface area contributed by atoms with Crippen LogP contribution in [-0.4, -0.2) is 16.8 Å². The molecule has 3 aliphatic rings. The molecule has 148 valence electrons. The molecule has 2 amide bonds. The standard InChI is InChI=1S/C20H22BrN3O2S2/c21-20-23-9-11(27-20)8-22-18(26)16-12-3-1-2-4-15(12)28-19(16)24-17(25)14-7-13(14)10-5-6-10/h9-10,13-14H,1-8H2,(H,22,26)(H,24,25). The van der Waals surface area contributed by atoms with E-state index in [1.165, 1.54) is 29.1 Å². The third kappa shape index (κ3) is 3.78. The number of carbonyl (C=O) groups excluding carboxylic acids is 2. The van der Waals surface area contributed by atoms with Crippen LogP contribution in [0.5, 0.6) is 0 Å². The smallest absolute Gasteiger partial charge is 0.254 e. The predicted octanol–water partition coefficient (Wildman–Crippen LogP) is 4.76. The number of rotatable bonds is 6. The lowest BCUT2D eigenvalue weighted by molar-refractivity contribution is -0.117. The summed E-state index contributed by atoms with van der Waals surface area (Å²) in [7, 11) is 0. The molecule has 0 bridgehead atoms. The van der Waals surface area contributed by atoms with Gasteiger partial charge in [0.2, 0.25) is 5.91 Å². The second-order valence-corrected chi connectivity index (χ2v) is 11.5. The average Bonchev–Trinajstić information content (AvgIpc) is 3.58. The van der Waals surface area contributed by atoms with E-state index in [2.05, 4.69) is 31.5 Å². The van der Waals surface area contributed by atoms with Crippen molar-refractivity contribution < 1.29 is 9.59 Å². The highest BCUT2D eigenvalue weighted by molar-refractivity contribution is 9.11. The molecular weight excluding hydrogens is 458 g/mol. The minimum Gasteiger partial charge on any atom is -0.347 e. The molecule has 2 saturated carbocycles. The number of fused-ring (bicyclic) bond motifs is 1. The number of aryl methyl sites for hydroxylation is 1. The molecule has 0 aromatic carbocycles. The van der Waals surface area contributed by atoms with Gasteiger partial charge in [0, 0.05) is 21.9 Å². The van der Waals surface area contributed by atoms with Gasteiger partial charge in [-0.3, -0.25) is 9.59 Å². The van der Waals surface area contributed by atoms with Gasteiger partial charge in [0.05, 0.1) is 12.1 Å². The molecular formula is C20H22BrN3O2S2. The second kappa shape index (κ2) is 7.54. The van der Waals surface area contributed by atoms with Crippen molar-refractivity contribution in [2.45, 2.75) is 51.5 Å². The zero-order valence-corrected chi connectivity index (χ0v) is 18.6. The number of aromatic nitrogens is 1. The zero-order valence-electron chi connectivity index (χ0n) is 15.4. The number of anilines is 1. The van der Waals surface area contributed by atoms with E-state index in [1.807, 2.05) is 0 Å². The van der Waals surface area contributed by atoms with Crippen LogP contribution < -0.4 is 10.6 Å². The van der Waals surface area contributed by atoms with Crippen molar-refractivity contribution in [3.8, 4) is 0 Å². The van der Waals surface area contributed by atoms with E-state index in [0.29, 0.717) is 18.0 Å². The van der Waals surface area contributed by atoms with E-state index in [1.54, 1.807) is 17.5 Å². The fourth-order valence-electron chi connectivity index (χ4n) is 4.28. The molecule has 0 radical (unpaired) electrons. The summed E-state index contributed by atoms with van der Waals surface area (Å²) in [5.74, 6) is 1.52. The Morgan fingerprint density at radius 3 is 2.79 bits per heavy atom. The summed E-state index contributed by atoms with van der Waals surface area (Å²) >= 11 is 6.47. The zero-order chi connectivity index (χ0) is 19.3. The fourth-order valence-corrected chi connectivity index (χ4v) is 6.87. The molecule has 8 heteroatoms. The molecule has 2 atom stereocenters. The summed E-state index contributed by atoms with van der Waals surface area (Å²) in [6, 6.07) is 0. The van der Waals surface area contributed by atoms with Crippen LogP contribution in [0, 0.1) is 17.8 Å². The molecule has 28 heavy (non-hydrogen) atoms. The molecule has 2 heterocycles. The van der Waals surface area contributed by atoms with Gasteiger partial charge in [0.15, 0.2) is 3.92 Å². The van der Waals surface area contributed by atoms with Crippen molar-refractivity contribution in [1.29, 1.82) is 0 Å². The molecule has 0 saturated heterocycles. The summed E-state index contributed by atoms with van der Waals surface area (Å²) in [5.41, 5.74) is 1.84. The lowest BCUT2D eigenvalue weighted by atomic mass is 9.95. The summed E-state index contributed by atoms with van der Waals surface area (Å²) in [5, 5.41) is 6.90. The highest BCUT2D eigenvalue weighted by Crippen LogP contribution is 2.54. The Morgan fingerprint density at radius 2 is 2.04 bits per heavy atom. The quantitative estimate of drug-likeness (QED) is 0.627. The normalized spacial score (nSPS) is 23.2. The van der Waals surface area contributed by atoms with Gasteiger partial charge in [0.1, 0.15) is 5.00 Å². The van der Waals surface area contributed by atoms with E-state index >= 15 is 0 Å². The van der Waals surface area contributed by atoms with E-state index in [0.717, 1.165) is 57.4 Å². The van der Waals surface area contributed by atoms with Gasteiger partial charge in [-0.05, 0) is 78.3 Å². The molecule has 5 rings (SSSR count). The highest BCUT2D eigenvalue weighted by Gasteiger charge is 2.51. The third-order valence-corrected chi connectivity index (χ3v) is 8.67. The number of hydrogen-bond acceptors (Lipinski definition) is 5. The first-order valence-electron chi connectivity index (χ1n) is 9.94. The van der Waals surface area contributed by atoms with Crippen molar-refractivity contribution in [1.82, 2.24) is 10.3 Å². The van der Waals surface area contributed by atoms with Crippen LogP contribution in [0.3, 0.4) is 0 Å².